The van der Waals surface area contributed by atoms with Gasteiger partial charge in [0.25, 0.3) is 5.91 Å². The van der Waals surface area contributed by atoms with Crippen LogP contribution >= 0.6 is 0 Å². The second-order valence-electron chi connectivity index (χ2n) is 8.73. The Morgan fingerprint density at radius 3 is 2.57 bits per heavy atom. The van der Waals surface area contributed by atoms with Crippen LogP contribution in [0.2, 0.25) is 0 Å². The molecule has 0 bridgehead atoms. The molecule has 2 heterocycles. The van der Waals surface area contributed by atoms with Crippen LogP contribution in [0.3, 0.4) is 0 Å². The number of pyridine rings is 1. The Kier molecular flexibility index (Phi) is 7.74. The summed E-state index contributed by atoms with van der Waals surface area (Å²) in [4.78, 5) is 23.0. The number of ether oxygens (including phenoxy) is 1. The Morgan fingerprint density at radius 1 is 1.06 bits per heavy atom. The van der Waals surface area contributed by atoms with Crippen molar-refractivity contribution in [3.8, 4) is 22.9 Å². The Morgan fingerprint density at radius 2 is 1.83 bits per heavy atom. The monoisotopic (exact) mass is 472 g/mol. The standard InChI is InChI=1S/C27H32N6O2/c1-28-27(34)24-17-22(12-14-30-24)35-21-10-11-25-23(16-21)31-26(33(25)4)20-8-6-19(7-9-20)18-29-13-5-15-32(2)3/h6-12,14,16-17,29H,5,13,15,18H2,1-4H3,(H,28,34). The Labute approximate surface area is 206 Å². The van der Waals surface area contributed by atoms with E-state index in [1.165, 1.54) is 5.56 Å². The fraction of sp³-hybridized carbons (Fsp3) is 0.296. The van der Waals surface area contributed by atoms with E-state index >= 15 is 0 Å². The van der Waals surface area contributed by atoms with E-state index in [0.29, 0.717) is 17.2 Å². The minimum Gasteiger partial charge on any atom is -0.457 e. The lowest BCUT2D eigenvalue weighted by molar-refractivity contribution is 0.0958. The Balaban J connectivity index is 1.46. The van der Waals surface area contributed by atoms with Crippen LogP contribution in [0.5, 0.6) is 11.5 Å². The molecule has 0 saturated heterocycles. The quantitative estimate of drug-likeness (QED) is 0.341. The molecule has 0 atom stereocenters. The van der Waals surface area contributed by atoms with Crippen molar-refractivity contribution in [2.24, 2.45) is 7.05 Å². The molecule has 0 spiro atoms. The number of hydrogen-bond acceptors (Lipinski definition) is 6. The molecule has 4 rings (SSSR count). The number of aromatic nitrogens is 3. The molecule has 0 aliphatic rings. The van der Waals surface area contributed by atoms with Crippen LogP contribution in [-0.4, -0.2) is 59.6 Å². The second-order valence-corrected chi connectivity index (χ2v) is 8.73. The predicted molar refractivity (Wildman–Crippen MR) is 139 cm³/mol. The molecule has 2 aromatic carbocycles. The van der Waals surface area contributed by atoms with E-state index in [4.69, 9.17) is 9.72 Å². The van der Waals surface area contributed by atoms with Gasteiger partial charge in [-0.15, -0.1) is 0 Å². The van der Waals surface area contributed by atoms with Gasteiger partial charge in [0, 0.05) is 44.5 Å². The van der Waals surface area contributed by atoms with Gasteiger partial charge in [0.15, 0.2) is 0 Å². The van der Waals surface area contributed by atoms with Crippen LogP contribution in [0.25, 0.3) is 22.4 Å². The Hall–Kier alpha value is -3.75. The average Bonchev–Trinajstić information content (AvgIpc) is 3.19. The number of nitrogens with one attached hydrogen (secondary N) is 2. The molecular weight excluding hydrogens is 440 g/mol. The fourth-order valence-corrected chi connectivity index (χ4v) is 3.89. The second kappa shape index (κ2) is 11.1. The molecular formula is C27H32N6O2. The highest BCUT2D eigenvalue weighted by molar-refractivity contribution is 5.92. The first-order chi connectivity index (χ1) is 16.9. The van der Waals surface area contributed by atoms with E-state index in [1.807, 2.05) is 25.2 Å². The Bertz CT molecular complexity index is 1300. The molecule has 8 heteroatoms. The van der Waals surface area contributed by atoms with Crippen molar-refractivity contribution >= 4 is 16.9 Å². The molecule has 8 nitrogen and oxygen atoms in total. The van der Waals surface area contributed by atoms with Crippen molar-refractivity contribution < 1.29 is 9.53 Å². The van der Waals surface area contributed by atoms with Gasteiger partial charge in [-0.25, -0.2) is 4.98 Å². The summed E-state index contributed by atoms with van der Waals surface area (Å²) in [7, 11) is 7.78. The number of nitrogens with zero attached hydrogens (tertiary/aromatic N) is 4. The first-order valence-electron chi connectivity index (χ1n) is 11.7. The van der Waals surface area contributed by atoms with Crippen LogP contribution in [0.15, 0.2) is 60.8 Å². The number of amides is 1. The van der Waals surface area contributed by atoms with E-state index < -0.39 is 0 Å². The third kappa shape index (κ3) is 6.03. The summed E-state index contributed by atoms with van der Waals surface area (Å²) in [6, 6.07) is 17.7. The summed E-state index contributed by atoms with van der Waals surface area (Å²) < 4.78 is 8.07. The largest absolute Gasteiger partial charge is 0.457 e. The number of hydrogen-bond donors (Lipinski definition) is 2. The van der Waals surface area contributed by atoms with Crippen LogP contribution in [-0.2, 0) is 13.6 Å². The number of imidazole rings is 1. The van der Waals surface area contributed by atoms with Gasteiger partial charge in [0.1, 0.15) is 23.0 Å². The summed E-state index contributed by atoms with van der Waals surface area (Å²) in [5.74, 6) is 1.83. The zero-order valence-electron chi connectivity index (χ0n) is 20.7. The lowest BCUT2D eigenvalue weighted by Crippen LogP contribution is -2.20. The highest BCUT2D eigenvalue weighted by Crippen LogP contribution is 2.29. The SMILES string of the molecule is CNC(=O)c1cc(Oc2ccc3c(c2)nc(-c2ccc(CNCCCN(C)C)cc2)n3C)ccn1. The molecule has 0 aliphatic carbocycles. The number of carbonyl (C=O) groups excluding carboxylic acids is 1. The molecule has 182 valence electrons. The molecule has 0 fully saturated rings. The smallest absolute Gasteiger partial charge is 0.269 e. The van der Waals surface area contributed by atoms with Crippen molar-refractivity contribution in [3.63, 3.8) is 0 Å². The van der Waals surface area contributed by atoms with Gasteiger partial charge < -0.3 is 24.8 Å². The van der Waals surface area contributed by atoms with Crippen LogP contribution in [0.1, 0.15) is 22.5 Å². The third-order valence-corrected chi connectivity index (χ3v) is 5.78. The lowest BCUT2D eigenvalue weighted by atomic mass is 10.1. The molecule has 4 aromatic rings. The highest BCUT2D eigenvalue weighted by atomic mass is 16.5. The first kappa shape index (κ1) is 24.4. The summed E-state index contributed by atoms with van der Waals surface area (Å²) in [5.41, 5.74) is 4.47. The lowest BCUT2D eigenvalue weighted by Gasteiger charge is -2.10. The van der Waals surface area contributed by atoms with Gasteiger partial charge in [-0.1, -0.05) is 24.3 Å². The molecule has 2 aromatic heterocycles. The molecule has 1 amide bonds. The van der Waals surface area contributed by atoms with Crippen molar-refractivity contribution in [2.45, 2.75) is 13.0 Å². The average molecular weight is 473 g/mol. The minimum atomic E-state index is -0.258. The van der Waals surface area contributed by atoms with Crippen molar-refractivity contribution in [1.82, 2.24) is 30.1 Å². The molecule has 35 heavy (non-hydrogen) atoms. The summed E-state index contributed by atoms with van der Waals surface area (Å²) >= 11 is 0. The molecule has 2 N–H and O–H groups in total. The molecule has 0 unspecified atom stereocenters. The maximum Gasteiger partial charge on any atom is 0.269 e. The summed E-state index contributed by atoms with van der Waals surface area (Å²) in [5, 5.41) is 6.07. The maximum absolute atomic E-state index is 11.8. The zero-order valence-corrected chi connectivity index (χ0v) is 20.7. The van der Waals surface area contributed by atoms with Crippen LogP contribution in [0.4, 0.5) is 0 Å². The maximum atomic E-state index is 11.8. The number of aryl methyl sites for hydroxylation is 1. The van der Waals surface area contributed by atoms with E-state index in [9.17, 15) is 4.79 Å². The number of carbonyl (C=O) groups is 1. The van der Waals surface area contributed by atoms with E-state index in [0.717, 1.165) is 48.5 Å². The van der Waals surface area contributed by atoms with Crippen molar-refractivity contribution in [2.75, 3.05) is 34.2 Å². The van der Waals surface area contributed by atoms with Gasteiger partial charge in [-0.2, -0.15) is 0 Å². The number of rotatable bonds is 10. The van der Waals surface area contributed by atoms with Crippen molar-refractivity contribution in [3.05, 3.63) is 72.1 Å². The third-order valence-electron chi connectivity index (χ3n) is 5.78. The first-order valence-corrected chi connectivity index (χ1v) is 11.7. The summed E-state index contributed by atoms with van der Waals surface area (Å²) in [6.07, 6.45) is 2.69. The van der Waals surface area contributed by atoms with E-state index in [2.05, 4.69) is 63.4 Å². The molecule has 0 radical (unpaired) electrons. The predicted octanol–water partition coefficient (Wildman–Crippen LogP) is 3.83. The number of benzene rings is 2. The van der Waals surface area contributed by atoms with Crippen LogP contribution < -0.4 is 15.4 Å². The molecule has 0 aliphatic heterocycles. The zero-order chi connectivity index (χ0) is 24.8. The van der Waals surface area contributed by atoms with Gasteiger partial charge in [0.05, 0.1) is 11.0 Å². The summed E-state index contributed by atoms with van der Waals surface area (Å²) in [6.45, 7) is 2.94. The van der Waals surface area contributed by atoms with Gasteiger partial charge in [-0.3, -0.25) is 9.78 Å². The number of fused-ring (bicyclic) bond motifs is 1. The topological polar surface area (TPSA) is 84.3 Å². The fourth-order valence-electron chi connectivity index (χ4n) is 3.89. The van der Waals surface area contributed by atoms with Gasteiger partial charge in [-0.05, 0) is 57.4 Å². The highest BCUT2D eigenvalue weighted by Gasteiger charge is 2.12. The minimum absolute atomic E-state index is 0.258. The molecule has 0 saturated carbocycles. The van der Waals surface area contributed by atoms with Gasteiger partial charge >= 0.3 is 0 Å². The van der Waals surface area contributed by atoms with Crippen molar-refractivity contribution in [1.29, 1.82) is 0 Å². The van der Waals surface area contributed by atoms with E-state index in [1.54, 1.807) is 25.4 Å². The van der Waals surface area contributed by atoms with E-state index in [-0.39, 0.29) is 5.91 Å². The van der Waals surface area contributed by atoms with Crippen LogP contribution in [0, 0.1) is 0 Å². The van der Waals surface area contributed by atoms with Gasteiger partial charge in [0.2, 0.25) is 0 Å². The normalized spacial score (nSPS) is 11.2.